The van der Waals surface area contributed by atoms with E-state index in [1.54, 1.807) is 12.4 Å². The highest BCUT2D eigenvalue weighted by Gasteiger charge is 2.35. The zero-order valence-corrected chi connectivity index (χ0v) is 17.6. The van der Waals surface area contributed by atoms with Crippen molar-refractivity contribution in [2.45, 2.75) is 37.6 Å². The monoisotopic (exact) mass is 441 g/mol. The minimum Gasteiger partial charge on any atom is -0.341 e. The van der Waals surface area contributed by atoms with Crippen LogP contribution < -0.4 is 10.2 Å². The molecule has 0 aliphatic carbocycles. The molecule has 32 heavy (non-hydrogen) atoms. The molecule has 5 heterocycles. The maximum absolute atomic E-state index is 14.3. The van der Waals surface area contributed by atoms with Gasteiger partial charge in [0.05, 0.1) is 24.1 Å². The van der Waals surface area contributed by atoms with Crippen LogP contribution in [0.5, 0.6) is 0 Å². The third-order valence-electron chi connectivity index (χ3n) is 6.50. The number of hydrogen-bond acceptors (Lipinski definition) is 7. The van der Waals surface area contributed by atoms with E-state index in [0.717, 1.165) is 25.7 Å². The number of nitrogens with zero attached hydrogens (tertiary/aromatic N) is 6. The van der Waals surface area contributed by atoms with Crippen LogP contribution in [0.1, 0.15) is 48.9 Å². The fraction of sp³-hybridized carbons (Fsp3) is 0.500. The van der Waals surface area contributed by atoms with Gasteiger partial charge in [0.25, 0.3) is 0 Å². The molecule has 0 bridgehead atoms. The summed E-state index contributed by atoms with van der Waals surface area (Å²) in [4.78, 5) is 27.8. The molecule has 2 aromatic heterocycles. The molecule has 8 nitrogen and oxygen atoms in total. The van der Waals surface area contributed by atoms with E-state index in [9.17, 15) is 13.6 Å². The number of rotatable bonds is 4. The van der Waals surface area contributed by atoms with Crippen LogP contribution in [-0.4, -0.2) is 58.3 Å². The number of pyridine rings is 1. The van der Waals surface area contributed by atoms with Crippen LogP contribution in [0.25, 0.3) is 0 Å². The van der Waals surface area contributed by atoms with Gasteiger partial charge in [-0.2, -0.15) is 5.10 Å². The van der Waals surface area contributed by atoms with Gasteiger partial charge in [0.15, 0.2) is 5.82 Å². The predicted octanol–water partition coefficient (Wildman–Crippen LogP) is 2.40. The molecule has 2 aromatic rings. The molecule has 2 atom stereocenters. The number of hydrazone groups is 1. The summed E-state index contributed by atoms with van der Waals surface area (Å²) in [6.45, 7) is 2.80. The number of halogens is 2. The van der Waals surface area contributed by atoms with Gasteiger partial charge in [-0.05, 0) is 37.4 Å². The van der Waals surface area contributed by atoms with E-state index >= 15 is 0 Å². The molecule has 2 fully saturated rings. The van der Waals surface area contributed by atoms with E-state index in [4.69, 9.17) is 0 Å². The molecule has 2 saturated heterocycles. The molecule has 168 valence electrons. The van der Waals surface area contributed by atoms with Gasteiger partial charge in [-0.15, -0.1) is 0 Å². The van der Waals surface area contributed by atoms with Gasteiger partial charge in [-0.1, -0.05) is 0 Å². The van der Waals surface area contributed by atoms with E-state index < -0.39 is 5.82 Å². The first-order chi connectivity index (χ1) is 15.6. The third-order valence-corrected chi connectivity index (χ3v) is 6.50. The van der Waals surface area contributed by atoms with Crippen molar-refractivity contribution in [1.82, 2.24) is 25.3 Å². The van der Waals surface area contributed by atoms with E-state index in [0.29, 0.717) is 49.6 Å². The van der Waals surface area contributed by atoms with Gasteiger partial charge in [0, 0.05) is 50.3 Å². The number of hydrogen-bond donors (Lipinski definition) is 1. The minimum absolute atomic E-state index is 0.0644. The summed E-state index contributed by atoms with van der Waals surface area (Å²) in [5, 5.41) is 8.97. The number of piperidine rings is 1. The van der Waals surface area contributed by atoms with Crippen LogP contribution in [0.4, 0.5) is 14.7 Å². The van der Waals surface area contributed by atoms with E-state index in [-0.39, 0.29) is 29.6 Å². The fourth-order valence-corrected chi connectivity index (χ4v) is 4.72. The van der Waals surface area contributed by atoms with E-state index in [1.165, 1.54) is 17.3 Å². The molecule has 5 rings (SSSR count). The van der Waals surface area contributed by atoms with Crippen molar-refractivity contribution in [3.63, 3.8) is 0 Å². The standard InChI is InChI=1S/C22H25F2N7O/c23-17-9-16(11-26-12-17)19-2-6-28-31(19)21(32)14-3-7-30(8-4-14)22-27-13-18(24)20(29-22)15-1-5-25-10-15/h6,9,11-15,19,25H,1-5,7-8,10H2/t15?,19-/m0/s1. The zero-order chi connectivity index (χ0) is 22.1. The lowest BCUT2D eigenvalue weighted by Crippen LogP contribution is -2.41. The number of carbonyl (C=O) groups is 1. The van der Waals surface area contributed by atoms with E-state index in [2.05, 4.69) is 25.4 Å². The topological polar surface area (TPSA) is 86.6 Å². The van der Waals surface area contributed by atoms with Gasteiger partial charge in [0.2, 0.25) is 11.9 Å². The van der Waals surface area contributed by atoms with Gasteiger partial charge < -0.3 is 10.2 Å². The largest absolute Gasteiger partial charge is 0.341 e. The highest BCUT2D eigenvalue weighted by atomic mass is 19.1. The first kappa shape index (κ1) is 20.9. The van der Waals surface area contributed by atoms with Crippen LogP contribution in [0, 0.1) is 17.6 Å². The second-order valence-electron chi connectivity index (χ2n) is 8.52. The molecular formula is C22H25F2N7O. The van der Waals surface area contributed by atoms with Gasteiger partial charge in [-0.3, -0.25) is 9.78 Å². The van der Waals surface area contributed by atoms with Crippen molar-refractivity contribution >= 4 is 18.1 Å². The summed E-state index contributed by atoms with van der Waals surface area (Å²) in [6.07, 6.45) is 8.32. The molecule has 0 radical (unpaired) electrons. The predicted molar refractivity (Wildman–Crippen MR) is 114 cm³/mol. The van der Waals surface area contributed by atoms with Crippen LogP contribution >= 0.6 is 0 Å². The Morgan fingerprint density at radius 3 is 2.72 bits per heavy atom. The smallest absolute Gasteiger partial charge is 0.246 e. The van der Waals surface area contributed by atoms with Crippen LogP contribution in [-0.2, 0) is 4.79 Å². The molecule has 0 aromatic carbocycles. The Hall–Kier alpha value is -3.01. The number of anilines is 1. The summed E-state index contributed by atoms with van der Waals surface area (Å²) in [7, 11) is 0. The van der Waals surface area contributed by atoms with E-state index in [1.807, 2.05) is 4.90 Å². The highest BCUT2D eigenvalue weighted by molar-refractivity contribution is 5.82. The van der Waals surface area contributed by atoms with Crippen molar-refractivity contribution in [3.05, 3.63) is 47.5 Å². The SMILES string of the molecule is O=C(C1CCN(c2ncc(F)c(C3CCNC3)n2)CC1)N1N=CC[C@H]1c1cncc(F)c1. The number of carbonyl (C=O) groups excluding carboxylic acids is 1. The average molecular weight is 441 g/mol. The Labute approximate surface area is 184 Å². The normalized spacial score (nSPS) is 23.8. The summed E-state index contributed by atoms with van der Waals surface area (Å²) >= 11 is 0. The Bertz CT molecular complexity index is 1020. The molecular weight excluding hydrogens is 416 g/mol. The summed E-state index contributed by atoms with van der Waals surface area (Å²) in [5.74, 6) is -0.463. The summed E-state index contributed by atoms with van der Waals surface area (Å²) in [6, 6.07) is 1.07. The molecule has 3 aliphatic heterocycles. The molecule has 0 spiro atoms. The fourth-order valence-electron chi connectivity index (χ4n) is 4.72. The van der Waals surface area contributed by atoms with Crippen LogP contribution in [0.3, 0.4) is 0 Å². The minimum atomic E-state index is -0.429. The number of aromatic nitrogens is 3. The first-order valence-electron chi connectivity index (χ1n) is 11.0. The second-order valence-corrected chi connectivity index (χ2v) is 8.52. The van der Waals surface area contributed by atoms with Crippen molar-refractivity contribution in [3.8, 4) is 0 Å². The lowest BCUT2D eigenvalue weighted by atomic mass is 9.94. The third kappa shape index (κ3) is 4.06. The molecule has 0 saturated carbocycles. The van der Waals surface area contributed by atoms with Crippen molar-refractivity contribution in [2.75, 3.05) is 31.1 Å². The zero-order valence-electron chi connectivity index (χ0n) is 17.6. The van der Waals surface area contributed by atoms with Crippen molar-refractivity contribution in [1.29, 1.82) is 0 Å². The highest BCUT2D eigenvalue weighted by Crippen LogP contribution is 2.32. The van der Waals surface area contributed by atoms with Crippen LogP contribution in [0.15, 0.2) is 29.8 Å². The Kier molecular flexibility index (Phi) is 5.77. The number of amides is 1. The lowest BCUT2D eigenvalue weighted by Gasteiger charge is -2.34. The Balaban J connectivity index is 1.24. The average Bonchev–Trinajstić information content (AvgIpc) is 3.52. The molecule has 1 N–H and O–H groups in total. The second kappa shape index (κ2) is 8.85. The molecule has 1 unspecified atom stereocenters. The van der Waals surface area contributed by atoms with Gasteiger partial charge in [-0.25, -0.2) is 23.8 Å². The maximum atomic E-state index is 14.3. The summed E-state index contributed by atoms with van der Waals surface area (Å²) in [5.41, 5.74) is 1.11. The first-order valence-corrected chi connectivity index (χ1v) is 11.0. The lowest BCUT2D eigenvalue weighted by molar-refractivity contribution is -0.138. The van der Waals surface area contributed by atoms with Gasteiger partial charge in [0.1, 0.15) is 5.82 Å². The Morgan fingerprint density at radius 2 is 1.97 bits per heavy atom. The van der Waals surface area contributed by atoms with Crippen LogP contribution in [0.2, 0.25) is 0 Å². The maximum Gasteiger partial charge on any atom is 0.246 e. The molecule has 1 amide bonds. The Morgan fingerprint density at radius 1 is 1.12 bits per heavy atom. The molecule has 3 aliphatic rings. The molecule has 10 heteroatoms. The summed E-state index contributed by atoms with van der Waals surface area (Å²) < 4.78 is 27.9. The van der Waals surface area contributed by atoms with Crippen molar-refractivity contribution < 1.29 is 13.6 Å². The van der Waals surface area contributed by atoms with Gasteiger partial charge >= 0.3 is 0 Å². The number of nitrogens with one attached hydrogen (secondary N) is 1. The van der Waals surface area contributed by atoms with Crippen molar-refractivity contribution in [2.24, 2.45) is 11.0 Å². The quantitative estimate of drug-likeness (QED) is 0.784.